The van der Waals surface area contributed by atoms with Gasteiger partial charge in [-0.3, -0.25) is 4.99 Å². The van der Waals surface area contributed by atoms with Crippen molar-refractivity contribution in [3.63, 3.8) is 0 Å². The molecule has 0 fully saturated rings. The van der Waals surface area contributed by atoms with E-state index in [9.17, 15) is 9.59 Å². The molecule has 0 radical (unpaired) electrons. The molecule has 5 aromatic rings. The van der Waals surface area contributed by atoms with Gasteiger partial charge in [-0.2, -0.15) is 10.2 Å². The molecule has 9 nitrogen and oxygen atoms in total. The number of azo groups is 1. The second-order valence-corrected chi connectivity index (χ2v) is 10.5. The van der Waals surface area contributed by atoms with Gasteiger partial charge >= 0.3 is 11.9 Å². The van der Waals surface area contributed by atoms with Crippen LogP contribution in [-0.4, -0.2) is 31.4 Å². The van der Waals surface area contributed by atoms with Gasteiger partial charge in [0.25, 0.3) is 0 Å². The number of carbonyl (C=O) groups is 2. The van der Waals surface area contributed by atoms with Gasteiger partial charge in [0.1, 0.15) is 11.5 Å². The highest BCUT2D eigenvalue weighted by atomic mass is 16.6. The summed E-state index contributed by atoms with van der Waals surface area (Å²) in [5, 5.41) is 8.49. The molecule has 0 aromatic heterocycles. The van der Waals surface area contributed by atoms with Crippen LogP contribution < -0.4 is 18.9 Å². The first kappa shape index (κ1) is 33.3. The molecular weight excluding hydrogens is 606 g/mol. The summed E-state index contributed by atoms with van der Waals surface area (Å²) in [7, 11) is 0. The first-order valence-electron chi connectivity index (χ1n) is 15.7. The monoisotopic (exact) mass is 641 g/mol. The minimum absolute atomic E-state index is 0.0585. The highest BCUT2D eigenvalue weighted by Crippen LogP contribution is 2.31. The lowest BCUT2D eigenvalue weighted by Crippen LogP contribution is -2.13. The fourth-order valence-corrected chi connectivity index (χ4v) is 4.27. The Bertz CT molecular complexity index is 1850. The maximum absolute atomic E-state index is 13.2. The van der Waals surface area contributed by atoms with E-state index < -0.39 is 11.9 Å². The van der Waals surface area contributed by atoms with E-state index in [4.69, 9.17) is 18.9 Å². The fraction of sp³-hybridized carbons (Fsp3) is 0.154. The minimum atomic E-state index is -0.624. The number of benzene rings is 5. The van der Waals surface area contributed by atoms with Crippen LogP contribution in [0.3, 0.4) is 0 Å². The van der Waals surface area contributed by atoms with E-state index in [0.29, 0.717) is 52.8 Å². The van der Waals surface area contributed by atoms with E-state index in [1.807, 2.05) is 68.4 Å². The Kier molecular flexibility index (Phi) is 11.8. The van der Waals surface area contributed by atoms with Crippen LogP contribution in [0, 0.1) is 0 Å². The molecule has 0 heterocycles. The summed E-state index contributed by atoms with van der Waals surface area (Å²) in [6.45, 7) is 5.19. The van der Waals surface area contributed by atoms with Crippen LogP contribution in [0.4, 0.5) is 17.1 Å². The zero-order chi connectivity index (χ0) is 33.6. The molecule has 5 aromatic carbocycles. The average molecular weight is 642 g/mol. The molecule has 0 bridgehead atoms. The molecule has 9 heteroatoms. The van der Waals surface area contributed by atoms with Gasteiger partial charge in [-0.05, 0) is 122 Å². The summed E-state index contributed by atoms with van der Waals surface area (Å²) in [6.07, 6.45) is 3.36. The molecule has 242 valence electrons. The second kappa shape index (κ2) is 17.0. The zero-order valence-corrected chi connectivity index (χ0v) is 26.7. The van der Waals surface area contributed by atoms with Crippen molar-refractivity contribution in [3.05, 3.63) is 138 Å². The Morgan fingerprint density at radius 1 is 0.562 bits per heavy atom. The van der Waals surface area contributed by atoms with Crippen molar-refractivity contribution < 1.29 is 28.5 Å². The number of rotatable bonds is 14. The van der Waals surface area contributed by atoms with Crippen molar-refractivity contribution in [1.29, 1.82) is 0 Å². The van der Waals surface area contributed by atoms with E-state index in [0.717, 1.165) is 18.5 Å². The third-order valence-corrected chi connectivity index (χ3v) is 6.75. The van der Waals surface area contributed by atoms with Gasteiger partial charge in [0.15, 0.2) is 11.5 Å². The van der Waals surface area contributed by atoms with Crippen LogP contribution in [0.1, 0.15) is 53.0 Å². The van der Waals surface area contributed by atoms with Gasteiger partial charge in [0.2, 0.25) is 0 Å². The smallest absolute Gasteiger partial charge is 0.343 e. The molecule has 0 aliphatic carbocycles. The summed E-state index contributed by atoms with van der Waals surface area (Å²) >= 11 is 0. The highest BCUT2D eigenvalue weighted by molar-refractivity contribution is 5.94. The lowest BCUT2D eigenvalue weighted by molar-refractivity contribution is 0.0682. The molecule has 0 unspecified atom stereocenters. The fourth-order valence-electron chi connectivity index (χ4n) is 4.27. The largest absolute Gasteiger partial charge is 0.494 e. The van der Waals surface area contributed by atoms with Crippen LogP contribution >= 0.6 is 0 Å². The molecule has 0 amide bonds. The number of esters is 2. The first-order valence-corrected chi connectivity index (χ1v) is 15.7. The van der Waals surface area contributed by atoms with Gasteiger partial charge in [0.05, 0.1) is 41.4 Å². The number of ether oxygens (including phenoxy) is 4. The molecular formula is C39H35N3O6. The lowest BCUT2D eigenvalue weighted by atomic mass is 10.2. The summed E-state index contributed by atoms with van der Waals surface area (Å²) in [5.41, 5.74) is 3.37. The third kappa shape index (κ3) is 9.70. The number of aliphatic imine (C=N–C) groups is 1. The standard InChI is InChI=1S/C39H35N3O6/c1-3-24-45-34-19-11-29(12-20-34)38(43)47-36-23-10-28(26-37(36)48-39(44)30-13-21-35(22-14-30)46-25-4-2)27-40-31-15-17-33(18-16-31)42-41-32-8-6-5-7-9-32/h5-23,26-27H,3-4,24-25H2,1-2H3. The van der Waals surface area contributed by atoms with Crippen molar-refractivity contribution >= 4 is 35.2 Å². The van der Waals surface area contributed by atoms with Crippen LogP contribution in [0.25, 0.3) is 0 Å². The SMILES string of the molecule is CCCOc1ccc(C(=O)Oc2ccc(C=Nc3ccc(N=Nc4ccccc4)cc3)cc2OC(=O)c2ccc(OCCC)cc2)cc1. The zero-order valence-electron chi connectivity index (χ0n) is 26.7. The molecule has 0 N–H and O–H groups in total. The molecule has 0 saturated heterocycles. The van der Waals surface area contributed by atoms with Gasteiger partial charge in [-0.1, -0.05) is 32.0 Å². The van der Waals surface area contributed by atoms with Gasteiger partial charge < -0.3 is 18.9 Å². The van der Waals surface area contributed by atoms with Gasteiger partial charge in [-0.15, -0.1) is 0 Å². The average Bonchev–Trinajstić information content (AvgIpc) is 3.13. The number of hydrogen-bond acceptors (Lipinski definition) is 9. The first-order chi connectivity index (χ1) is 23.5. The molecule has 48 heavy (non-hydrogen) atoms. The quantitative estimate of drug-likeness (QED) is 0.0517. The van der Waals surface area contributed by atoms with Gasteiger partial charge in [-0.25, -0.2) is 9.59 Å². The van der Waals surface area contributed by atoms with E-state index >= 15 is 0 Å². The lowest BCUT2D eigenvalue weighted by Gasteiger charge is -2.12. The predicted octanol–water partition coefficient (Wildman–Crippen LogP) is 9.87. The Balaban J connectivity index is 1.33. The maximum atomic E-state index is 13.2. The van der Waals surface area contributed by atoms with E-state index in [2.05, 4.69) is 15.2 Å². The molecule has 5 rings (SSSR count). The summed E-state index contributed by atoms with van der Waals surface area (Å²) in [5.74, 6) is 0.207. The number of nitrogens with zero attached hydrogens (tertiary/aromatic N) is 3. The van der Waals surface area contributed by atoms with E-state index in [1.165, 1.54) is 0 Å². The normalized spacial score (nSPS) is 11.0. The van der Waals surface area contributed by atoms with E-state index in [-0.39, 0.29) is 11.5 Å². The summed E-state index contributed by atoms with van der Waals surface area (Å²) in [4.78, 5) is 30.8. The predicted molar refractivity (Wildman–Crippen MR) is 185 cm³/mol. The Morgan fingerprint density at radius 3 is 1.60 bits per heavy atom. The molecule has 0 atom stereocenters. The van der Waals surface area contributed by atoms with Crippen LogP contribution in [0.15, 0.2) is 137 Å². The summed E-state index contributed by atoms with van der Waals surface area (Å²) in [6, 6.07) is 34.9. The van der Waals surface area contributed by atoms with Crippen LogP contribution in [0.2, 0.25) is 0 Å². The second-order valence-electron chi connectivity index (χ2n) is 10.5. The number of hydrogen-bond donors (Lipinski definition) is 0. The minimum Gasteiger partial charge on any atom is -0.494 e. The molecule has 0 saturated carbocycles. The third-order valence-electron chi connectivity index (χ3n) is 6.75. The molecule has 0 aliphatic heterocycles. The highest BCUT2D eigenvalue weighted by Gasteiger charge is 2.17. The van der Waals surface area contributed by atoms with Crippen molar-refractivity contribution in [2.75, 3.05) is 13.2 Å². The van der Waals surface area contributed by atoms with Crippen molar-refractivity contribution in [1.82, 2.24) is 0 Å². The van der Waals surface area contributed by atoms with Crippen LogP contribution in [-0.2, 0) is 0 Å². The Labute approximate surface area is 279 Å². The molecule has 0 spiro atoms. The van der Waals surface area contributed by atoms with Crippen molar-refractivity contribution in [2.45, 2.75) is 26.7 Å². The maximum Gasteiger partial charge on any atom is 0.343 e. The van der Waals surface area contributed by atoms with E-state index in [1.54, 1.807) is 72.9 Å². The summed E-state index contributed by atoms with van der Waals surface area (Å²) < 4.78 is 22.7. The topological polar surface area (TPSA) is 108 Å². The number of carbonyl (C=O) groups excluding carboxylic acids is 2. The Morgan fingerprint density at radius 2 is 1.06 bits per heavy atom. The molecule has 0 aliphatic rings. The van der Waals surface area contributed by atoms with Crippen molar-refractivity contribution in [3.8, 4) is 23.0 Å². The van der Waals surface area contributed by atoms with Gasteiger partial charge in [0, 0.05) is 6.21 Å². The van der Waals surface area contributed by atoms with Crippen LogP contribution in [0.5, 0.6) is 23.0 Å². The van der Waals surface area contributed by atoms with Crippen molar-refractivity contribution in [2.24, 2.45) is 15.2 Å². The Hall–Kier alpha value is -6.09.